The van der Waals surface area contributed by atoms with Crippen LogP contribution in [0, 0.1) is 6.92 Å². The summed E-state index contributed by atoms with van der Waals surface area (Å²) in [6, 6.07) is 6.80. The Bertz CT molecular complexity index is 749. The van der Waals surface area contributed by atoms with Gasteiger partial charge in [0.15, 0.2) is 0 Å². The second-order valence-corrected chi connectivity index (χ2v) is 7.76. The van der Waals surface area contributed by atoms with Gasteiger partial charge in [-0.25, -0.2) is 9.78 Å². The smallest absolute Gasteiger partial charge is 0.319 e. The van der Waals surface area contributed by atoms with Gasteiger partial charge in [0.05, 0.1) is 11.6 Å². The normalized spacial score (nSPS) is 14.6. The van der Waals surface area contributed by atoms with Crippen LogP contribution in [0.4, 0.5) is 10.5 Å². The van der Waals surface area contributed by atoms with E-state index in [1.165, 1.54) is 12.8 Å². The van der Waals surface area contributed by atoms with Crippen LogP contribution in [-0.4, -0.2) is 34.9 Å². The molecule has 1 saturated heterocycles. The van der Waals surface area contributed by atoms with Crippen molar-refractivity contribution in [2.24, 2.45) is 0 Å². The van der Waals surface area contributed by atoms with Gasteiger partial charge in [0, 0.05) is 35.4 Å². The fourth-order valence-corrected chi connectivity index (χ4v) is 3.72. The average Bonchev–Trinajstić information content (AvgIpc) is 2.89. The van der Waals surface area contributed by atoms with Crippen molar-refractivity contribution in [3.8, 4) is 0 Å². The highest BCUT2D eigenvalue weighted by Crippen LogP contribution is 2.16. The lowest BCUT2D eigenvalue weighted by Gasteiger charge is -2.20. The number of hydrogen-bond donors (Lipinski definition) is 2. The molecule has 2 heterocycles. The Hall–Kier alpha value is -2.41. The molecule has 7 heteroatoms. The van der Waals surface area contributed by atoms with Crippen LogP contribution >= 0.6 is 11.3 Å². The molecule has 0 spiro atoms. The predicted molar refractivity (Wildman–Crippen MR) is 104 cm³/mol. The summed E-state index contributed by atoms with van der Waals surface area (Å²) in [7, 11) is 0. The molecule has 1 fully saturated rings. The summed E-state index contributed by atoms with van der Waals surface area (Å²) >= 11 is 1.56. The molecule has 0 radical (unpaired) electrons. The lowest BCUT2D eigenvalue weighted by atomic mass is 10.1. The summed E-state index contributed by atoms with van der Waals surface area (Å²) in [5.41, 5.74) is 1.33. The molecule has 0 aliphatic carbocycles. The van der Waals surface area contributed by atoms with Gasteiger partial charge in [-0.05, 0) is 44.0 Å². The Morgan fingerprint density at radius 2 is 1.81 bits per heavy atom. The fourth-order valence-electron chi connectivity index (χ4n) is 2.98. The van der Waals surface area contributed by atoms with Crippen LogP contribution in [0.25, 0.3) is 0 Å². The minimum atomic E-state index is -0.275. The highest BCUT2D eigenvalue weighted by atomic mass is 32.1. The van der Waals surface area contributed by atoms with E-state index in [2.05, 4.69) is 15.6 Å². The van der Waals surface area contributed by atoms with E-state index in [9.17, 15) is 9.59 Å². The summed E-state index contributed by atoms with van der Waals surface area (Å²) in [5, 5.41) is 6.56. The minimum Gasteiger partial charge on any atom is -0.339 e. The van der Waals surface area contributed by atoms with Gasteiger partial charge in [0.25, 0.3) is 5.91 Å². The Morgan fingerprint density at radius 3 is 2.42 bits per heavy atom. The molecule has 0 atom stereocenters. The maximum atomic E-state index is 12.6. The first-order chi connectivity index (χ1) is 12.6. The van der Waals surface area contributed by atoms with Gasteiger partial charge < -0.3 is 15.5 Å². The predicted octanol–water partition coefficient (Wildman–Crippen LogP) is 3.79. The highest BCUT2D eigenvalue weighted by Gasteiger charge is 2.17. The maximum Gasteiger partial charge on any atom is 0.319 e. The summed E-state index contributed by atoms with van der Waals surface area (Å²) in [6.07, 6.45) is 6.31. The van der Waals surface area contributed by atoms with Gasteiger partial charge in [-0.2, -0.15) is 0 Å². The number of urea groups is 1. The number of likely N-dealkylation sites (tertiary alicyclic amines) is 1. The van der Waals surface area contributed by atoms with E-state index >= 15 is 0 Å². The molecule has 1 aromatic carbocycles. The average molecular weight is 372 g/mol. The molecule has 138 valence electrons. The quantitative estimate of drug-likeness (QED) is 0.857. The van der Waals surface area contributed by atoms with Crippen LogP contribution < -0.4 is 10.6 Å². The largest absolute Gasteiger partial charge is 0.339 e. The third kappa shape index (κ3) is 5.05. The van der Waals surface area contributed by atoms with Crippen molar-refractivity contribution < 1.29 is 9.59 Å². The Kier molecular flexibility index (Phi) is 6.22. The number of aryl methyl sites for hydroxylation is 1. The maximum absolute atomic E-state index is 12.6. The first-order valence-electron chi connectivity index (χ1n) is 8.97. The van der Waals surface area contributed by atoms with Gasteiger partial charge in [-0.3, -0.25) is 4.79 Å². The summed E-state index contributed by atoms with van der Waals surface area (Å²) in [5.74, 6) is 0.0727. The SMILES string of the molecule is Cc1ncc(CNC(=O)Nc2ccc(C(=O)N3CCCCCC3)cc2)s1. The summed E-state index contributed by atoms with van der Waals surface area (Å²) in [4.78, 5) is 31.7. The third-order valence-electron chi connectivity index (χ3n) is 4.38. The molecule has 0 saturated carbocycles. The molecular formula is C19H24N4O2S. The number of aromatic nitrogens is 1. The standard InChI is InChI=1S/C19H24N4O2S/c1-14-20-12-17(26-14)13-21-19(25)22-16-8-6-15(7-9-16)18(24)23-10-4-2-3-5-11-23/h6-9,12H,2-5,10-11,13H2,1H3,(H2,21,22,25). The number of benzene rings is 1. The number of carbonyl (C=O) groups is 2. The van der Waals surface area contributed by atoms with Crippen LogP contribution in [0.2, 0.25) is 0 Å². The van der Waals surface area contributed by atoms with Crippen molar-refractivity contribution in [1.82, 2.24) is 15.2 Å². The van der Waals surface area contributed by atoms with Crippen molar-refractivity contribution in [3.63, 3.8) is 0 Å². The first kappa shape index (κ1) is 18.4. The second kappa shape index (κ2) is 8.80. The number of carbonyl (C=O) groups excluding carboxylic acids is 2. The van der Waals surface area contributed by atoms with Crippen molar-refractivity contribution in [2.45, 2.75) is 39.2 Å². The van der Waals surface area contributed by atoms with Crippen molar-refractivity contribution >= 4 is 29.0 Å². The van der Waals surface area contributed by atoms with Crippen LogP contribution in [0.5, 0.6) is 0 Å². The zero-order chi connectivity index (χ0) is 18.4. The number of nitrogens with zero attached hydrogens (tertiary/aromatic N) is 2. The molecule has 3 rings (SSSR count). The Morgan fingerprint density at radius 1 is 1.12 bits per heavy atom. The van der Waals surface area contributed by atoms with Gasteiger partial charge in [0.1, 0.15) is 0 Å². The van der Waals surface area contributed by atoms with Crippen LogP contribution in [-0.2, 0) is 6.54 Å². The van der Waals surface area contributed by atoms with E-state index in [0.29, 0.717) is 17.8 Å². The van der Waals surface area contributed by atoms with Gasteiger partial charge >= 0.3 is 6.03 Å². The Balaban J connectivity index is 1.51. The van der Waals surface area contributed by atoms with Crippen molar-refractivity contribution in [1.29, 1.82) is 0 Å². The van der Waals surface area contributed by atoms with E-state index < -0.39 is 0 Å². The number of anilines is 1. The van der Waals surface area contributed by atoms with Crippen LogP contribution in [0.1, 0.15) is 45.9 Å². The zero-order valence-electron chi connectivity index (χ0n) is 15.0. The van der Waals surface area contributed by atoms with Gasteiger partial charge in [0.2, 0.25) is 0 Å². The fraction of sp³-hybridized carbons (Fsp3) is 0.421. The highest BCUT2D eigenvalue weighted by molar-refractivity contribution is 7.11. The lowest BCUT2D eigenvalue weighted by Crippen LogP contribution is -2.31. The van der Waals surface area contributed by atoms with Crippen LogP contribution in [0.15, 0.2) is 30.5 Å². The number of thiazole rings is 1. The van der Waals surface area contributed by atoms with E-state index in [1.54, 1.807) is 41.8 Å². The molecule has 0 bridgehead atoms. The minimum absolute atomic E-state index is 0.0727. The lowest BCUT2D eigenvalue weighted by molar-refractivity contribution is 0.0761. The Labute approximate surface area is 157 Å². The van der Waals surface area contributed by atoms with E-state index in [-0.39, 0.29) is 11.9 Å². The van der Waals surface area contributed by atoms with E-state index in [4.69, 9.17) is 0 Å². The van der Waals surface area contributed by atoms with Gasteiger partial charge in [-0.15, -0.1) is 11.3 Å². The second-order valence-electron chi connectivity index (χ2n) is 6.44. The monoisotopic (exact) mass is 372 g/mol. The molecule has 26 heavy (non-hydrogen) atoms. The zero-order valence-corrected chi connectivity index (χ0v) is 15.8. The van der Waals surface area contributed by atoms with E-state index in [0.717, 1.165) is 35.8 Å². The molecule has 0 unspecified atom stereocenters. The molecule has 1 aromatic heterocycles. The molecule has 1 aliphatic heterocycles. The number of amides is 3. The molecule has 3 amide bonds. The number of nitrogens with one attached hydrogen (secondary N) is 2. The molecular weight excluding hydrogens is 348 g/mol. The topological polar surface area (TPSA) is 74.3 Å². The number of rotatable bonds is 4. The van der Waals surface area contributed by atoms with Crippen molar-refractivity contribution in [2.75, 3.05) is 18.4 Å². The molecule has 2 aromatic rings. The van der Waals surface area contributed by atoms with Gasteiger partial charge in [-0.1, -0.05) is 12.8 Å². The molecule has 6 nitrogen and oxygen atoms in total. The molecule has 1 aliphatic rings. The van der Waals surface area contributed by atoms with E-state index in [1.807, 2.05) is 11.8 Å². The van der Waals surface area contributed by atoms with Crippen molar-refractivity contribution in [3.05, 3.63) is 45.9 Å². The molecule has 2 N–H and O–H groups in total. The third-order valence-corrected chi connectivity index (χ3v) is 5.29. The summed E-state index contributed by atoms with van der Waals surface area (Å²) < 4.78 is 0. The van der Waals surface area contributed by atoms with Crippen LogP contribution in [0.3, 0.4) is 0 Å². The first-order valence-corrected chi connectivity index (χ1v) is 9.79. The summed E-state index contributed by atoms with van der Waals surface area (Å²) in [6.45, 7) is 4.04. The number of hydrogen-bond acceptors (Lipinski definition) is 4.